The van der Waals surface area contributed by atoms with Crippen LogP contribution in [0.3, 0.4) is 0 Å². The van der Waals surface area contributed by atoms with E-state index in [1.807, 2.05) is 0 Å². The first kappa shape index (κ1) is 11.5. The first-order valence-electron chi connectivity index (χ1n) is 5.35. The molecular formula is C10H21N3O. The minimum absolute atomic E-state index is 0.0898. The van der Waals surface area contributed by atoms with Crippen molar-refractivity contribution in [2.75, 3.05) is 19.6 Å². The number of likely N-dealkylation sites (tertiary alicyclic amines) is 1. The second kappa shape index (κ2) is 5.32. The molecule has 0 unspecified atom stereocenters. The lowest BCUT2D eigenvalue weighted by Crippen LogP contribution is -2.44. The molecule has 0 atom stereocenters. The van der Waals surface area contributed by atoms with Crippen molar-refractivity contribution in [2.45, 2.75) is 26.7 Å². The van der Waals surface area contributed by atoms with Crippen LogP contribution < -0.4 is 11.3 Å². The van der Waals surface area contributed by atoms with Crippen molar-refractivity contribution in [3.63, 3.8) is 0 Å². The van der Waals surface area contributed by atoms with Gasteiger partial charge in [-0.25, -0.2) is 5.84 Å². The van der Waals surface area contributed by atoms with E-state index in [-0.39, 0.29) is 5.91 Å². The Labute approximate surface area is 85.8 Å². The van der Waals surface area contributed by atoms with E-state index in [0.29, 0.717) is 6.54 Å². The van der Waals surface area contributed by atoms with Crippen LogP contribution in [0.5, 0.6) is 0 Å². The summed E-state index contributed by atoms with van der Waals surface area (Å²) in [5.41, 5.74) is 2.17. The van der Waals surface area contributed by atoms with E-state index in [2.05, 4.69) is 24.2 Å². The van der Waals surface area contributed by atoms with E-state index in [1.54, 1.807) is 0 Å². The summed E-state index contributed by atoms with van der Waals surface area (Å²) in [6.07, 6.45) is 2.41. The van der Waals surface area contributed by atoms with Crippen LogP contribution in [0.4, 0.5) is 0 Å². The Morgan fingerprint density at radius 2 is 2.07 bits per heavy atom. The molecule has 0 saturated carbocycles. The minimum atomic E-state index is -0.0898. The maximum atomic E-state index is 11.0. The molecule has 4 nitrogen and oxygen atoms in total. The van der Waals surface area contributed by atoms with Crippen molar-refractivity contribution in [1.29, 1.82) is 0 Å². The Bertz CT molecular complexity index is 186. The van der Waals surface area contributed by atoms with Gasteiger partial charge in [0.1, 0.15) is 0 Å². The highest BCUT2D eigenvalue weighted by molar-refractivity contribution is 5.77. The fourth-order valence-corrected chi connectivity index (χ4v) is 2.03. The number of rotatable bonds is 3. The molecule has 0 radical (unpaired) electrons. The van der Waals surface area contributed by atoms with Crippen LogP contribution >= 0.6 is 0 Å². The maximum absolute atomic E-state index is 11.0. The van der Waals surface area contributed by atoms with E-state index in [4.69, 9.17) is 5.84 Å². The van der Waals surface area contributed by atoms with Crippen molar-refractivity contribution in [3.05, 3.63) is 0 Å². The van der Waals surface area contributed by atoms with Crippen molar-refractivity contribution in [2.24, 2.45) is 17.7 Å². The number of nitrogens with one attached hydrogen (secondary N) is 1. The lowest BCUT2D eigenvalue weighted by molar-refractivity contribution is -0.122. The highest BCUT2D eigenvalue weighted by Crippen LogP contribution is 2.23. The molecule has 1 fully saturated rings. The average molecular weight is 199 g/mol. The Kier molecular flexibility index (Phi) is 4.35. The molecule has 0 bridgehead atoms. The van der Waals surface area contributed by atoms with E-state index in [1.165, 1.54) is 12.8 Å². The normalized spacial score (nSPS) is 20.0. The van der Waals surface area contributed by atoms with E-state index in [0.717, 1.165) is 24.9 Å². The van der Waals surface area contributed by atoms with Crippen LogP contribution in [0, 0.1) is 11.8 Å². The molecule has 0 spiro atoms. The van der Waals surface area contributed by atoms with Gasteiger partial charge in [-0.3, -0.25) is 15.1 Å². The number of piperidine rings is 1. The highest BCUT2D eigenvalue weighted by atomic mass is 16.2. The average Bonchev–Trinajstić information content (AvgIpc) is 2.18. The summed E-state index contributed by atoms with van der Waals surface area (Å²) in [4.78, 5) is 13.2. The number of hydrogen-bond donors (Lipinski definition) is 2. The summed E-state index contributed by atoms with van der Waals surface area (Å²) >= 11 is 0. The van der Waals surface area contributed by atoms with Crippen LogP contribution in [-0.4, -0.2) is 30.4 Å². The molecule has 0 aromatic heterocycles. The molecule has 0 aliphatic carbocycles. The Morgan fingerprint density at radius 1 is 1.50 bits per heavy atom. The monoisotopic (exact) mass is 199 g/mol. The van der Waals surface area contributed by atoms with Crippen molar-refractivity contribution in [3.8, 4) is 0 Å². The summed E-state index contributed by atoms with van der Waals surface area (Å²) in [5, 5.41) is 0. The van der Waals surface area contributed by atoms with Gasteiger partial charge in [0.05, 0.1) is 6.54 Å². The molecule has 82 valence electrons. The number of amides is 1. The van der Waals surface area contributed by atoms with Gasteiger partial charge in [-0.1, -0.05) is 13.8 Å². The summed E-state index contributed by atoms with van der Waals surface area (Å²) in [6, 6.07) is 0. The second-order valence-electron chi connectivity index (χ2n) is 4.43. The number of hydrazine groups is 1. The summed E-state index contributed by atoms with van der Waals surface area (Å²) in [7, 11) is 0. The smallest absolute Gasteiger partial charge is 0.248 e. The number of carbonyl (C=O) groups excluding carboxylic acids is 1. The van der Waals surface area contributed by atoms with Gasteiger partial charge < -0.3 is 0 Å². The van der Waals surface area contributed by atoms with Crippen molar-refractivity contribution < 1.29 is 4.79 Å². The van der Waals surface area contributed by atoms with Gasteiger partial charge in [-0.2, -0.15) is 0 Å². The third-order valence-corrected chi connectivity index (χ3v) is 3.10. The lowest BCUT2D eigenvalue weighted by Gasteiger charge is -2.33. The number of carbonyl (C=O) groups is 1. The molecule has 1 saturated heterocycles. The van der Waals surface area contributed by atoms with E-state index in [9.17, 15) is 4.79 Å². The van der Waals surface area contributed by atoms with E-state index >= 15 is 0 Å². The summed E-state index contributed by atoms with van der Waals surface area (Å²) in [6.45, 7) is 7.04. The van der Waals surface area contributed by atoms with Gasteiger partial charge in [0, 0.05) is 0 Å². The molecule has 1 aliphatic heterocycles. The van der Waals surface area contributed by atoms with Gasteiger partial charge >= 0.3 is 0 Å². The molecule has 1 rings (SSSR count). The minimum Gasteiger partial charge on any atom is -0.294 e. The number of hydrogen-bond acceptors (Lipinski definition) is 3. The zero-order valence-electron chi connectivity index (χ0n) is 9.12. The Morgan fingerprint density at radius 3 is 2.50 bits per heavy atom. The fraction of sp³-hybridized carbons (Fsp3) is 0.900. The van der Waals surface area contributed by atoms with Gasteiger partial charge in [0.25, 0.3) is 0 Å². The second-order valence-corrected chi connectivity index (χ2v) is 4.43. The molecule has 1 heterocycles. The molecular weight excluding hydrogens is 178 g/mol. The Balaban J connectivity index is 2.25. The molecule has 0 aromatic carbocycles. The van der Waals surface area contributed by atoms with Crippen LogP contribution in [0.1, 0.15) is 26.7 Å². The predicted octanol–water partition coefficient (Wildman–Crippen LogP) is 0.344. The van der Waals surface area contributed by atoms with Gasteiger partial charge in [0.2, 0.25) is 5.91 Å². The third-order valence-electron chi connectivity index (χ3n) is 3.10. The highest BCUT2D eigenvalue weighted by Gasteiger charge is 2.22. The van der Waals surface area contributed by atoms with Crippen LogP contribution in [0.2, 0.25) is 0 Å². The number of nitrogens with zero attached hydrogens (tertiary/aromatic N) is 1. The topological polar surface area (TPSA) is 58.4 Å². The standard InChI is InChI=1S/C10H21N3O/c1-8(2)9-3-5-13(6-4-9)7-10(14)12-11/h8-9H,3-7,11H2,1-2H3,(H,12,14). The first-order chi connectivity index (χ1) is 6.63. The van der Waals surface area contributed by atoms with E-state index < -0.39 is 0 Å². The SMILES string of the molecule is CC(C)C1CCN(CC(=O)NN)CC1. The van der Waals surface area contributed by atoms with Gasteiger partial charge in [-0.05, 0) is 37.8 Å². The largest absolute Gasteiger partial charge is 0.294 e. The lowest BCUT2D eigenvalue weighted by atomic mass is 9.87. The van der Waals surface area contributed by atoms with Crippen molar-refractivity contribution in [1.82, 2.24) is 10.3 Å². The maximum Gasteiger partial charge on any atom is 0.248 e. The molecule has 4 heteroatoms. The van der Waals surface area contributed by atoms with Crippen LogP contribution in [0.25, 0.3) is 0 Å². The van der Waals surface area contributed by atoms with Gasteiger partial charge in [-0.15, -0.1) is 0 Å². The molecule has 0 aromatic rings. The summed E-state index contributed by atoms with van der Waals surface area (Å²) < 4.78 is 0. The number of nitrogens with two attached hydrogens (primary N) is 1. The third kappa shape index (κ3) is 3.27. The fourth-order valence-electron chi connectivity index (χ4n) is 2.03. The first-order valence-corrected chi connectivity index (χ1v) is 5.35. The molecule has 1 aliphatic rings. The zero-order valence-corrected chi connectivity index (χ0v) is 9.12. The summed E-state index contributed by atoms with van der Waals surface area (Å²) in [5.74, 6) is 6.54. The van der Waals surface area contributed by atoms with Crippen LogP contribution in [-0.2, 0) is 4.79 Å². The predicted molar refractivity (Wildman–Crippen MR) is 56.3 cm³/mol. The van der Waals surface area contributed by atoms with Gasteiger partial charge in [0.15, 0.2) is 0 Å². The van der Waals surface area contributed by atoms with Crippen LogP contribution in [0.15, 0.2) is 0 Å². The Hall–Kier alpha value is -0.610. The van der Waals surface area contributed by atoms with Crippen molar-refractivity contribution >= 4 is 5.91 Å². The molecule has 1 amide bonds. The quantitative estimate of drug-likeness (QED) is 0.391. The molecule has 3 N–H and O–H groups in total. The molecule has 14 heavy (non-hydrogen) atoms. The zero-order chi connectivity index (χ0) is 10.6.